The fourth-order valence-electron chi connectivity index (χ4n) is 2.63. The van der Waals surface area contributed by atoms with Crippen LogP contribution in [-0.4, -0.2) is 26.6 Å². The lowest BCUT2D eigenvalue weighted by atomic mass is 10.2. The average molecular weight is 398 g/mol. The Hall–Kier alpha value is -2.13. The van der Waals surface area contributed by atoms with Crippen LogP contribution in [0.15, 0.2) is 46.2 Å². The van der Waals surface area contributed by atoms with Gasteiger partial charge in [0, 0.05) is 24.4 Å². The summed E-state index contributed by atoms with van der Waals surface area (Å²) in [6.45, 7) is 1.92. The monoisotopic (exact) mass is 398 g/mol. The van der Waals surface area contributed by atoms with Crippen molar-refractivity contribution in [1.29, 1.82) is 0 Å². The van der Waals surface area contributed by atoms with Gasteiger partial charge >= 0.3 is 0 Å². The summed E-state index contributed by atoms with van der Waals surface area (Å²) in [5.74, 6) is -1.17. The first-order valence-corrected chi connectivity index (χ1v) is 10.3. The molecular weight excluding hydrogens is 382 g/mol. The van der Waals surface area contributed by atoms with Crippen molar-refractivity contribution in [3.8, 4) is 0 Å². The molecule has 0 spiro atoms. The zero-order valence-electron chi connectivity index (χ0n) is 13.8. The number of rotatable bonds is 3. The lowest BCUT2D eigenvalue weighted by molar-refractivity contribution is -0.116. The standard InChI is InChI=1S/C17H16F2N2O3S2/c1-11(22)21-7-2-8-25-17-6-4-13(10-16(17)21)26(23,24)20-15-5-3-12(18)9-14(15)19/h3-6,9-10,20H,2,7-8H2,1H3. The first kappa shape index (κ1) is 18.7. The molecule has 0 aliphatic carbocycles. The Morgan fingerprint density at radius 1 is 1.19 bits per heavy atom. The molecule has 26 heavy (non-hydrogen) atoms. The summed E-state index contributed by atoms with van der Waals surface area (Å²) in [6.07, 6.45) is 0.792. The summed E-state index contributed by atoms with van der Waals surface area (Å²) in [6, 6.07) is 7.02. The molecule has 2 aromatic rings. The largest absolute Gasteiger partial charge is 0.311 e. The second-order valence-electron chi connectivity index (χ2n) is 5.73. The molecule has 0 saturated heterocycles. The molecule has 0 saturated carbocycles. The van der Waals surface area contributed by atoms with Gasteiger partial charge in [-0.3, -0.25) is 9.52 Å². The number of nitrogens with one attached hydrogen (secondary N) is 1. The van der Waals surface area contributed by atoms with Gasteiger partial charge in [0.1, 0.15) is 11.6 Å². The number of fused-ring (bicyclic) bond motifs is 1. The molecule has 0 radical (unpaired) electrons. The third-order valence-corrected chi connectivity index (χ3v) is 6.38. The minimum absolute atomic E-state index is 0.103. The SMILES string of the molecule is CC(=O)N1CCCSc2ccc(S(=O)(=O)Nc3ccc(F)cc3F)cc21. The van der Waals surface area contributed by atoms with Crippen LogP contribution in [0.1, 0.15) is 13.3 Å². The number of hydrogen-bond acceptors (Lipinski definition) is 4. The van der Waals surface area contributed by atoms with Gasteiger partial charge in [-0.2, -0.15) is 0 Å². The molecule has 0 fully saturated rings. The predicted octanol–water partition coefficient (Wildman–Crippen LogP) is 3.61. The van der Waals surface area contributed by atoms with Crippen LogP contribution < -0.4 is 9.62 Å². The van der Waals surface area contributed by atoms with Gasteiger partial charge in [-0.15, -0.1) is 11.8 Å². The normalized spacial score (nSPS) is 14.5. The molecule has 1 N–H and O–H groups in total. The molecule has 0 atom stereocenters. The van der Waals surface area contributed by atoms with Gasteiger partial charge < -0.3 is 4.90 Å². The third kappa shape index (κ3) is 3.83. The van der Waals surface area contributed by atoms with Crippen molar-refractivity contribution < 1.29 is 22.0 Å². The molecule has 138 valence electrons. The number of carbonyl (C=O) groups excluding carboxylic acids is 1. The molecule has 5 nitrogen and oxygen atoms in total. The van der Waals surface area contributed by atoms with Crippen molar-refractivity contribution in [1.82, 2.24) is 0 Å². The number of sulfonamides is 1. The van der Waals surface area contributed by atoms with Crippen LogP contribution in [0, 0.1) is 11.6 Å². The average Bonchev–Trinajstić information content (AvgIpc) is 2.79. The second-order valence-corrected chi connectivity index (χ2v) is 8.55. The molecular formula is C17H16F2N2O3S2. The van der Waals surface area contributed by atoms with E-state index >= 15 is 0 Å². The summed E-state index contributed by atoms with van der Waals surface area (Å²) < 4.78 is 54.1. The minimum atomic E-state index is -4.10. The van der Waals surface area contributed by atoms with Gasteiger partial charge in [-0.25, -0.2) is 17.2 Å². The molecule has 0 unspecified atom stereocenters. The van der Waals surface area contributed by atoms with Crippen molar-refractivity contribution in [2.24, 2.45) is 0 Å². The van der Waals surface area contributed by atoms with E-state index in [2.05, 4.69) is 4.72 Å². The maximum absolute atomic E-state index is 13.8. The number of amides is 1. The van der Waals surface area contributed by atoms with Crippen molar-refractivity contribution in [2.75, 3.05) is 21.9 Å². The minimum Gasteiger partial charge on any atom is -0.311 e. The number of halogens is 2. The molecule has 2 aromatic carbocycles. The lowest BCUT2D eigenvalue weighted by Crippen LogP contribution is -2.29. The molecule has 0 bridgehead atoms. The van der Waals surface area contributed by atoms with E-state index < -0.39 is 21.7 Å². The highest BCUT2D eigenvalue weighted by molar-refractivity contribution is 7.99. The Morgan fingerprint density at radius 2 is 1.96 bits per heavy atom. The van der Waals surface area contributed by atoms with Crippen LogP contribution in [0.4, 0.5) is 20.2 Å². The zero-order chi connectivity index (χ0) is 18.9. The van der Waals surface area contributed by atoms with E-state index in [9.17, 15) is 22.0 Å². The Morgan fingerprint density at radius 3 is 2.65 bits per heavy atom. The Labute approximate surface area is 154 Å². The van der Waals surface area contributed by atoms with Crippen LogP contribution in [0.25, 0.3) is 0 Å². The van der Waals surface area contributed by atoms with Crippen LogP contribution in [0.3, 0.4) is 0 Å². The summed E-state index contributed by atoms with van der Waals surface area (Å²) in [5, 5.41) is 0. The Balaban J connectivity index is 1.99. The fourth-order valence-corrected chi connectivity index (χ4v) is 4.69. The smallest absolute Gasteiger partial charge is 0.262 e. The van der Waals surface area contributed by atoms with E-state index in [0.29, 0.717) is 18.3 Å². The number of benzene rings is 2. The topological polar surface area (TPSA) is 66.5 Å². The quantitative estimate of drug-likeness (QED) is 0.858. The summed E-state index contributed by atoms with van der Waals surface area (Å²) in [7, 11) is -4.10. The summed E-state index contributed by atoms with van der Waals surface area (Å²) >= 11 is 1.55. The molecule has 9 heteroatoms. The Kier molecular flexibility index (Phi) is 5.19. The molecule has 1 aliphatic rings. The molecule has 1 heterocycles. The first-order chi connectivity index (χ1) is 12.3. The van der Waals surface area contributed by atoms with E-state index in [1.165, 1.54) is 24.0 Å². The van der Waals surface area contributed by atoms with Gasteiger partial charge in [0.15, 0.2) is 0 Å². The Bertz CT molecular complexity index is 964. The van der Waals surface area contributed by atoms with E-state index in [0.717, 1.165) is 29.2 Å². The maximum Gasteiger partial charge on any atom is 0.262 e. The van der Waals surface area contributed by atoms with Gasteiger partial charge in [-0.05, 0) is 42.5 Å². The predicted molar refractivity (Wildman–Crippen MR) is 97.0 cm³/mol. The number of anilines is 2. The van der Waals surface area contributed by atoms with Crippen molar-refractivity contribution in [3.63, 3.8) is 0 Å². The van der Waals surface area contributed by atoms with Gasteiger partial charge in [0.2, 0.25) is 5.91 Å². The van der Waals surface area contributed by atoms with Crippen molar-refractivity contribution in [3.05, 3.63) is 48.0 Å². The highest BCUT2D eigenvalue weighted by atomic mass is 32.2. The molecule has 3 rings (SSSR count). The summed E-state index contributed by atoms with van der Waals surface area (Å²) in [5.41, 5.74) is 0.168. The highest BCUT2D eigenvalue weighted by Crippen LogP contribution is 2.36. The van der Waals surface area contributed by atoms with Gasteiger partial charge in [0.05, 0.1) is 16.3 Å². The molecule has 1 aliphatic heterocycles. The number of hydrogen-bond donors (Lipinski definition) is 1. The number of nitrogens with zero attached hydrogens (tertiary/aromatic N) is 1. The lowest BCUT2D eigenvalue weighted by Gasteiger charge is -2.21. The number of thioether (sulfide) groups is 1. The van der Waals surface area contributed by atoms with Gasteiger partial charge in [0.25, 0.3) is 10.0 Å². The third-order valence-electron chi connectivity index (χ3n) is 3.87. The molecule has 1 amide bonds. The van der Waals surface area contributed by atoms with Crippen LogP contribution in [0.2, 0.25) is 0 Å². The first-order valence-electron chi connectivity index (χ1n) is 7.81. The maximum atomic E-state index is 13.8. The second kappa shape index (κ2) is 7.24. The van der Waals surface area contributed by atoms with E-state index in [4.69, 9.17) is 0 Å². The van der Waals surface area contributed by atoms with Crippen molar-refractivity contribution >= 4 is 39.1 Å². The van der Waals surface area contributed by atoms with Crippen LogP contribution in [0.5, 0.6) is 0 Å². The van der Waals surface area contributed by atoms with Crippen LogP contribution >= 0.6 is 11.8 Å². The fraction of sp³-hybridized carbons (Fsp3) is 0.235. The van der Waals surface area contributed by atoms with E-state index in [-0.39, 0.29) is 16.5 Å². The van der Waals surface area contributed by atoms with E-state index in [1.807, 2.05) is 0 Å². The van der Waals surface area contributed by atoms with Crippen molar-refractivity contribution in [2.45, 2.75) is 23.1 Å². The zero-order valence-corrected chi connectivity index (χ0v) is 15.5. The van der Waals surface area contributed by atoms with Crippen LogP contribution in [-0.2, 0) is 14.8 Å². The number of carbonyl (C=O) groups is 1. The molecule has 0 aromatic heterocycles. The summed E-state index contributed by atoms with van der Waals surface area (Å²) in [4.78, 5) is 14.2. The highest BCUT2D eigenvalue weighted by Gasteiger charge is 2.23. The van der Waals surface area contributed by atoms with Gasteiger partial charge in [-0.1, -0.05) is 0 Å². The van der Waals surface area contributed by atoms with E-state index in [1.54, 1.807) is 17.8 Å².